The van der Waals surface area contributed by atoms with Crippen molar-refractivity contribution in [3.63, 3.8) is 0 Å². The predicted octanol–water partition coefficient (Wildman–Crippen LogP) is 5.39. The number of ether oxygens (including phenoxy) is 2. The predicted molar refractivity (Wildman–Crippen MR) is 198 cm³/mol. The van der Waals surface area contributed by atoms with E-state index in [1.54, 1.807) is 11.9 Å². The molecule has 4 saturated heterocycles. The highest BCUT2D eigenvalue weighted by Gasteiger charge is 2.48. The van der Waals surface area contributed by atoms with Gasteiger partial charge in [0.25, 0.3) is 0 Å². The van der Waals surface area contributed by atoms with Crippen molar-refractivity contribution < 1.29 is 14.3 Å². The number of carbonyl (C=O) groups excluding carboxylic acids is 1. The lowest BCUT2D eigenvalue weighted by Crippen LogP contribution is -2.49. The van der Waals surface area contributed by atoms with Crippen molar-refractivity contribution in [2.45, 2.75) is 83.9 Å². The molecule has 11 heteroatoms. The number of nitrogens with one attached hydrogen (secondary N) is 4. The van der Waals surface area contributed by atoms with Crippen molar-refractivity contribution in [2.24, 2.45) is 16.8 Å². The molecule has 0 radical (unpaired) electrons. The van der Waals surface area contributed by atoms with Gasteiger partial charge in [-0.05, 0) is 114 Å². The summed E-state index contributed by atoms with van der Waals surface area (Å²) >= 11 is 0. The van der Waals surface area contributed by atoms with Gasteiger partial charge in [0.1, 0.15) is 17.5 Å². The van der Waals surface area contributed by atoms with E-state index in [9.17, 15) is 4.79 Å². The van der Waals surface area contributed by atoms with Gasteiger partial charge >= 0.3 is 6.09 Å². The van der Waals surface area contributed by atoms with Gasteiger partial charge in [-0.3, -0.25) is 9.89 Å². The van der Waals surface area contributed by atoms with Crippen LogP contribution in [0.3, 0.4) is 0 Å². The summed E-state index contributed by atoms with van der Waals surface area (Å²) in [6, 6.07) is 12.7. The van der Waals surface area contributed by atoms with Crippen LogP contribution in [0.25, 0.3) is 0 Å². The summed E-state index contributed by atoms with van der Waals surface area (Å²) in [7, 11) is 1.81. The highest BCUT2D eigenvalue weighted by atomic mass is 16.6. The van der Waals surface area contributed by atoms with Gasteiger partial charge in [-0.1, -0.05) is 19.1 Å². The van der Waals surface area contributed by atoms with E-state index in [1.165, 1.54) is 37.1 Å². The molecule has 1 aromatic carbocycles. The molecule has 266 valence electrons. The number of rotatable bonds is 8. The van der Waals surface area contributed by atoms with Crippen LogP contribution in [0, 0.1) is 18.8 Å². The van der Waals surface area contributed by atoms with Crippen LogP contribution < -0.4 is 31.1 Å². The van der Waals surface area contributed by atoms with E-state index in [4.69, 9.17) is 14.5 Å². The van der Waals surface area contributed by atoms with Gasteiger partial charge in [-0.2, -0.15) is 0 Å². The summed E-state index contributed by atoms with van der Waals surface area (Å²) < 4.78 is 11.7. The second kappa shape index (κ2) is 15.5. The number of hydrogen-bond acceptors (Lipinski definition) is 10. The van der Waals surface area contributed by atoms with Crippen molar-refractivity contribution in [2.75, 3.05) is 68.2 Å². The Balaban J connectivity index is 0.000000628. The molecule has 11 nitrogen and oxygen atoms in total. The van der Waals surface area contributed by atoms with Gasteiger partial charge in [-0.25, -0.2) is 9.78 Å². The molecule has 5 aliphatic heterocycles. The van der Waals surface area contributed by atoms with E-state index in [2.05, 4.69) is 77.1 Å². The average molecular weight is 673 g/mol. The second-order valence-corrected chi connectivity index (χ2v) is 14.9. The zero-order valence-corrected chi connectivity index (χ0v) is 30.2. The van der Waals surface area contributed by atoms with Crippen LogP contribution in [0.1, 0.15) is 70.4 Å². The number of aromatic nitrogens is 1. The molecule has 1 aromatic heterocycles. The summed E-state index contributed by atoms with van der Waals surface area (Å²) in [5, 5.41) is 14.0. The Morgan fingerprint density at radius 3 is 2.47 bits per heavy atom. The standard InChI is InChI=1S/C33H45N7O3.C5H11N/c1-21-15-24(9-10-25(21)23-11-13-35-17-23)36-20-37-31-26(18-34-5)27-19-43-33(3,4)16-28(27)40(31)30-8-6-7-29(38-30)39-22(2)12-14-42-32(39)41;1-5-2-3-6-4-5/h6-10,15,18,22-23,27-28,35-37H,11-14,16-17,19-20H2,1-5H3;5-6H,2-4H2,1H3/t22-,23?,27?,28?;/m0./s1. The number of carbonyl (C=O) groups is 1. The number of anilines is 3. The lowest BCUT2D eigenvalue weighted by atomic mass is 9.84. The topological polar surface area (TPSA) is 115 Å². The third kappa shape index (κ3) is 8.05. The van der Waals surface area contributed by atoms with Crippen LogP contribution in [-0.4, -0.2) is 88.1 Å². The van der Waals surface area contributed by atoms with E-state index in [0.717, 1.165) is 54.7 Å². The number of aliphatic imine (C=N–C) groups is 1. The van der Waals surface area contributed by atoms with Crippen LogP contribution in [0.2, 0.25) is 0 Å². The molecule has 0 spiro atoms. The maximum atomic E-state index is 12.7. The Kier molecular flexibility index (Phi) is 11.1. The molecule has 5 atom stereocenters. The van der Waals surface area contributed by atoms with E-state index < -0.39 is 0 Å². The van der Waals surface area contributed by atoms with Crippen molar-refractivity contribution in [1.82, 2.24) is 20.9 Å². The van der Waals surface area contributed by atoms with Crippen LogP contribution in [0.5, 0.6) is 0 Å². The number of hydrogen-bond donors (Lipinski definition) is 4. The maximum Gasteiger partial charge on any atom is 0.415 e. The number of pyridine rings is 1. The third-order valence-electron chi connectivity index (χ3n) is 10.6. The molecule has 0 bridgehead atoms. The minimum atomic E-state index is -0.350. The van der Waals surface area contributed by atoms with E-state index in [0.29, 0.717) is 31.6 Å². The number of cyclic esters (lactones) is 1. The van der Waals surface area contributed by atoms with Gasteiger partial charge in [0.2, 0.25) is 0 Å². The summed E-state index contributed by atoms with van der Waals surface area (Å²) in [5.41, 5.74) is 4.65. The van der Waals surface area contributed by atoms with Crippen LogP contribution in [-0.2, 0) is 9.47 Å². The van der Waals surface area contributed by atoms with Gasteiger partial charge < -0.3 is 35.6 Å². The fourth-order valence-electron chi connectivity index (χ4n) is 7.84. The quantitative estimate of drug-likeness (QED) is 0.216. The first kappa shape index (κ1) is 35.2. The zero-order chi connectivity index (χ0) is 34.5. The monoisotopic (exact) mass is 672 g/mol. The Hall–Kier alpha value is -3.67. The summed E-state index contributed by atoms with van der Waals surface area (Å²) in [6.45, 7) is 17.0. The van der Waals surface area contributed by atoms with Crippen molar-refractivity contribution in [1.29, 1.82) is 0 Å². The number of fused-ring (bicyclic) bond motifs is 1. The van der Waals surface area contributed by atoms with Crippen LogP contribution in [0.4, 0.5) is 22.1 Å². The minimum absolute atomic E-state index is 0.0113. The molecule has 49 heavy (non-hydrogen) atoms. The highest BCUT2D eigenvalue weighted by Crippen LogP contribution is 2.44. The lowest BCUT2D eigenvalue weighted by molar-refractivity contribution is -0.0736. The summed E-state index contributed by atoms with van der Waals surface area (Å²) in [4.78, 5) is 26.2. The number of benzene rings is 1. The van der Waals surface area contributed by atoms with E-state index >= 15 is 0 Å². The Morgan fingerprint density at radius 2 is 1.82 bits per heavy atom. The van der Waals surface area contributed by atoms with Crippen LogP contribution in [0.15, 0.2) is 52.8 Å². The van der Waals surface area contributed by atoms with Gasteiger partial charge in [0.05, 0.1) is 25.5 Å². The molecule has 7 rings (SSSR count). The minimum Gasteiger partial charge on any atom is -0.449 e. The first-order valence-electron chi connectivity index (χ1n) is 18.2. The molecular formula is C38H56N8O3. The molecule has 0 aliphatic carbocycles. The smallest absolute Gasteiger partial charge is 0.415 e. The van der Waals surface area contributed by atoms with Gasteiger partial charge in [0.15, 0.2) is 0 Å². The van der Waals surface area contributed by atoms with E-state index in [-0.39, 0.29) is 29.7 Å². The molecule has 4 unspecified atom stereocenters. The Labute approximate surface area is 292 Å². The SMILES string of the molecule is CC1CCNC1.CN=CC1=C(NCNc2ccc(C3CCNC3)c(C)c2)N(c2cccc(N3C(=O)OCC[C@@H]3C)n2)C2CC(C)(C)OCC12. The largest absolute Gasteiger partial charge is 0.449 e. The molecule has 0 saturated carbocycles. The van der Waals surface area contributed by atoms with Crippen molar-refractivity contribution in [3.8, 4) is 0 Å². The average Bonchev–Trinajstić information content (AvgIpc) is 3.83. The third-order valence-corrected chi connectivity index (χ3v) is 10.6. The Morgan fingerprint density at radius 1 is 1.04 bits per heavy atom. The molecule has 4 fully saturated rings. The normalized spacial score (nSPS) is 28.0. The molecule has 4 N–H and O–H groups in total. The highest BCUT2D eigenvalue weighted by molar-refractivity contribution is 5.88. The number of amides is 1. The Bertz CT molecular complexity index is 1510. The number of nitrogens with zero attached hydrogens (tertiary/aromatic N) is 4. The van der Waals surface area contributed by atoms with Gasteiger partial charge in [0, 0.05) is 55.5 Å². The lowest BCUT2D eigenvalue weighted by Gasteiger charge is -2.42. The zero-order valence-electron chi connectivity index (χ0n) is 30.2. The fourth-order valence-corrected chi connectivity index (χ4v) is 7.84. The molecule has 6 heterocycles. The molecule has 2 aromatic rings. The summed E-state index contributed by atoms with van der Waals surface area (Å²) in [5.74, 6) is 3.99. The number of aryl methyl sites for hydroxylation is 1. The van der Waals surface area contributed by atoms with Crippen molar-refractivity contribution in [3.05, 3.63) is 58.9 Å². The molecule has 5 aliphatic rings. The van der Waals surface area contributed by atoms with Gasteiger partial charge in [-0.15, -0.1) is 0 Å². The molecule has 1 amide bonds. The second-order valence-electron chi connectivity index (χ2n) is 14.9. The van der Waals surface area contributed by atoms with E-state index in [1.807, 2.05) is 31.3 Å². The first-order valence-corrected chi connectivity index (χ1v) is 18.2. The fraction of sp³-hybridized carbons (Fsp3) is 0.605. The van der Waals surface area contributed by atoms with Crippen molar-refractivity contribution >= 4 is 29.6 Å². The molecular weight excluding hydrogens is 616 g/mol. The first-order chi connectivity index (χ1) is 23.6. The van der Waals surface area contributed by atoms with Crippen LogP contribution >= 0.6 is 0 Å². The summed E-state index contributed by atoms with van der Waals surface area (Å²) in [6.07, 6.45) is 5.76. The maximum absolute atomic E-state index is 12.7.